The smallest absolute Gasteiger partial charge is 0.279 e. The Morgan fingerprint density at radius 1 is 1.00 bits per heavy atom. The highest BCUT2D eigenvalue weighted by Crippen LogP contribution is 2.31. The molecule has 31 heavy (non-hydrogen) atoms. The first-order valence-electron chi connectivity index (χ1n) is 11.0. The van der Waals surface area contributed by atoms with E-state index in [1.54, 1.807) is 18.4 Å². The monoisotopic (exact) mass is 445 g/mol. The SMILES string of the molecule is CC.CCCN(CCCONOC)CCc1ccc(Oc2nc3ccccc3s2)cc1. The van der Waals surface area contributed by atoms with E-state index in [0.717, 1.165) is 54.9 Å². The normalized spacial score (nSPS) is 10.9. The van der Waals surface area contributed by atoms with Crippen molar-refractivity contribution in [1.82, 2.24) is 15.5 Å². The Labute approximate surface area is 190 Å². The maximum absolute atomic E-state index is 5.93. The Hall–Kier alpha value is -2.03. The number of ether oxygens (including phenoxy) is 1. The number of hydrogen-bond acceptors (Lipinski definition) is 7. The van der Waals surface area contributed by atoms with Crippen molar-refractivity contribution >= 4 is 21.6 Å². The molecule has 0 saturated carbocycles. The Kier molecular flexibility index (Phi) is 12.1. The van der Waals surface area contributed by atoms with Crippen LogP contribution in [0.1, 0.15) is 39.2 Å². The fourth-order valence-corrected chi connectivity index (χ4v) is 3.95. The number of thiazole rings is 1. The number of hydrogen-bond donors (Lipinski definition) is 1. The van der Waals surface area contributed by atoms with Gasteiger partial charge in [0.25, 0.3) is 5.19 Å². The van der Waals surface area contributed by atoms with Crippen molar-refractivity contribution in [3.63, 3.8) is 0 Å². The predicted molar refractivity (Wildman–Crippen MR) is 129 cm³/mol. The summed E-state index contributed by atoms with van der Waals surface area (Å²) < 4.78 is 7.07. The largest absolute Gasteiger partial charge is 0.431 e. The second kappa shape index (κ2) is 14.9. The van der Waals surface area contributed by atoms with Crippen molar-refractivity contribution < 1.29 is 14.4 Å². The summed E-state index contributed by atoms with van der Waals surface area (Å²) in [6.45, 7) is 9.98. The molecule has 0 aliphatic carbocycles. The summed E-state index contributed by atoms with van der Waals surface area (Å²) in [4.78, 5) is 16.8. The molecule has 2 aromatic carbocycles. The van der Waals surface area contributed by atoms with Gasteiger partial charge in [-0.25, -0.2) is 4.98 Å². The molecular weight excluding hydrogens is 410 g/mol. The van der Waals surface area contributed by atoms with Crippen LogP contribution in [0, 0.1) is 0 Å². The van der Waals surface area contributed by atoms with Crippen LogP contribution in [-0.2, 0) is 16.1 Å². The van der Waals surface area contributed by atoms with E-state index >= 15 is 0 Å². The van der Waals surface area contributed by atoms with Crippen LogP contribution in [0.3, 0.4) is 0 Å². The highest BCUT2D eigenvalue weighted by atomic mass is 32.1. The highest BCUT2D eigenvalue weighted by molar-refractivity contribution is 7.20. The van der Waals surface area contributed by atoms with E-state index in [2.05, 4.69) is 45.5 Å². The molecule has 7 heteroatoms. The minimum absolute atomic E-state index is 0.631. The standard InChI is InChI=1S/C22H29N3O3S.C2H6/c1-3-14-25(15-6-17-27-24-26-2)16-13-18-9-11-19(12-10-18)28-22-23-20-7-4-5-8-21(20)29-22;1-2/h4-5,7-12,24H,3,6,13-17H2,1-2H3;1-2H3. The summed E-state index contributed by atoms with van der Waals surface area (Å²) in [7, 11) is 1.54. The van der Waals surface area contributed by atoms with E-state index in [-0.39, 0.29) is 0 Å². The molecule has 0 amide bonds. The van der Waals surface area contributed by atoms with Crippen LogP contribution in [0.4, 0.5) is 0 Å². The van der Waals surface area contributed by atoms with E-state index in [9.17, 15) is 0 Å². The molecular formula is C24H35N3O3S. The molecule has 0 aliphatic heterocycles. The third kappa shape index (κ3) is 8.93. The van der Waals surface area contributed by atoms with Gasteiger partial charge in [0, 0.05) is 13.1 Å². The summed E-state index contributed by atoms with van der Waals surface area (Å²) in [6.07, 6.45) is 3.12. The van der Waals surface area contributed by atoms with E-state index in [1.165, 1.54) is 5.56 Å². The topological polar surface area (TPSA) is 55.9 Å². The molecule has 170 valence electrons. The van der Waals surface area contributed by atoms with Gasteiger partial charge in [-0.2, -0.15) is 0 Å². The molecule has 0 fully saturated rings. The average molecular weight is 446 g/mol. The van der Waals surface area contributed by atoms with Gasteiger partial charge in [-0.15, -0.1) is 0 Å². The van der Waals surface area contributed by atoms with Crippen LogP contribution < -0.4 is 10.4 Å². The Morgan fingerprint density at radius 3 is 2.48 bits per heavy atom. The van der Waals surface area contributed by atoms with Crippen LogP contribution >= 0.6 is 11.3 Å². The minimum atomic E-state index is 0.631. The van der Waals surface area contributed by atoms with Crippen molar-refractivity contribution in [2.75, 3.05) is 33.4 Å². The second-order valence-corrected chi connectivity index (χ2v) is 7.77. The van der Waals surface area contributed by atoms with Gasteiger partial charge in [0.2, 0.25) is 0 Å². The quantitative estimate of drug-likeness (QED) is 0.263. The van der Waals surface area contributed by atoms with Crippen LogP contribution in [0.25, 0.3) is 10.2 Å². The molecule has 1 N–H and O–H groups in total. The predicted octanol–water partition coefficient (Wildman–Crippen LogP) is 5.84. The number of aromatic nitrogens is 1. The Bertz CT molecular complexity index is 822. The summed E-state index contributed by atoms with van der Waals surface area (Å²) in [5.74, 6) is 0.820. The molecule has 3 aromatic rings. The third-order valence-corrected chi connectivity index (χ3v) is 5.44. The first-order valence-corrected chi connectivity index (χ1v) is 11.8. The molecule has 3 rings (SSSR count). The van der Waals surface area contributed by atoms with Crippen molar-refractivity contribution in [3.05, 3.63) is 54.1 Å². The van der Waals surface area contributed by atoms with Gasteiger partial charge in [0.15, 0.2) is 0 Å². The molecule has 0 radical (unpaired) electrons. The average Bonchev–Trinajstić information content (AvgIpc) is 3.22. The number of benzene rings is 2. The van der Waals surface area contributed by atoms with Crippen LogP contribution in [0.5, 0.6) is 10.9 Å². The summed E-state index contributed by atoms with van der Waals surface area (Å²) in [5, 5.41) is 0.679. The van der Waals surface area contributed by atoms with E-state index in [0.29, 0.717) is 11.8 Å². The highest BCUT2D eigenvalue weighted by Gasteiger charge is 2.07. The van der Waals surface area contributed by atoms with Gasteiger partial charge >= 0.3 is 0 Å². The maximum atomic E-state index is 5.93. The van der Waals surface area contributed by atoms with Gasteiger partial charge in [-0.3, -0.25) is 9.68 Å². The van der Waals surface area contributed by atoms with Crippen molar-refractivity contribution in [2.45, 2.75) is 40.0 Å². The van der Waals surface area contributed by atoms with E-state index in [1.807, 2.05) is 44.2 Å². The molecule has 0 saturated heterocycles. The second-order valence-electron chi connectivity index (χ2n) is 6.77. The minimum Gasteiger partial charge on any atom is -0.431 e. The van der Waals surface area contributed by atoms with E-state index < -0.39 is 0 Å². The molecule has 6 nitrogen and oxygen atoms in total. The molecule has 0 atom stereocenters. The van der Waals surface area contributed by atoms with Crippen molar-refractivity contribution in [2.24, 2.45) is 0 Å². The van der Waals surface area contributed by atoms with Crippen molar-refractivity contribution in [3.8, 4) is 10.9 Å². The number of nitrogens with one attached hydrogen (secondary N) is 1. The fraction of sp³-hybridized carbons (Fsp3) is 0.458. The van der Waals surface area contributed by atoms with Crippen molar-refractivity contribution in [1.29, 1.82) is 0 Å². The zero-order valence-corrected chi connectivity index (χ0v) is 19.9. The van der Waals surface area contributed by atoms with Gasteiger partial charge in [-0.05, 0) is 55.6 Å². The number of nitrogens with zero attached hydrogens (tertiary/aromatic N) is 2. The van der Waals surface area contributed by atoms with Gasteiger partial charge in [0.05, 0.1) is 23.9 Å². The molecule has 1 aromatic heterocycles. The number of fused-ring (bicyclic) bond motifs is 1. The maximum Gasteiger partial charge on any atom is 0.279 e. The lowest BCUT2D eigenvalue weighted by Crippen LogP contribution is -2.29. The lowest BCUT2D eigenvalue weighted by Gasteiger charge is -2.21. The molecule has 0 aliphatic rings. The zero-order valence-electron chi connectivity index (χ0n) is 19.1. The first kappa shape index (κ1) is 25.2. The Balaban J connectivity index is 0.00000166. The summed E-state index contributed by atoms with van der Waals surface area (Å²) >= 11 is 1.57. The van der Waals surface area contributed by atoms with E-state index in [4.69, 9.17) is 9.57 Å². The lowest BCUT2D eigenvalue weighted by atomic mass is 10.1. The van der Waals surface area contributed by atoms with Gasteiger partial charge in [0.1, 0.15) is 5.75 Å². The Morgan fingerprint density at radius 2 is 1.77 bits per heavy atom. The van der Waals surface area contributed by atoms with Crippen LogP contribution in [0.15, 0.2) is 48.5 Å². The fourth-order valence-electron chi connectivity index (χ4n) is 3.12. The summed E-state index contributed by atoms with van der Waals surface area (Å²) in [5.41, 5.74) is 4.69. The van der Waals surface area contributed by atoms with Gasteiger partial charge < -0.3 is 9.64 Å². The molecule has 0 spiro atoms. The lowest BCUT2D eigenvalue weighted by molar-refractivity contribution is -0.152. The molecule has 0 unspecified atom stereocenters. The first-order chi connectivity index (χ1) is 15.3. The summed E-state index contributed by atoms with van der Waals surface area (Å²) in [6, 6.07) is 16.4. The molecule has 1 heterocycles. The van der Waals surface area contributed by atoms with Crippen LogP contribution in [0.2, 0.25) is 0 Å². The number of rotatable bonds is 13. The zero-order chi connectivity index (χ0) is 22.3. The molecule has 0 bridgehead atoms. The van der Waals surface area contributed by atoms with Crippen LogP contribution in [-0.4, -0.2) is 43.2 Å². The third-order valence-electron chi connectivity index (χ3n) is 4.52. The number of para-hydroxylation sites is 1. The van der Waals surface area contributed by atoms with Gasteiger partial charge in [-0.1, -0.05) is 62.0 Å².